The van der Waals surface area contributed by atoms with E-state index in [1.165, 1.54) is 4.90 Å². The Balaban J connectivity index is 2.02. The zero-order chi connectivity index (χ0) is 18.1. The van der Waals surface area contributed by atoms with Crippen LogP contribution in [0.4, 0.5) is 4.79 Å². The molecule has 0 aliphatic carbocycles. The predicted molar refractivity (Wildman–Crippen MR) is 79.9 cm³/mol. The maximum atomic E-state index is 12.2. The minimum Gasteiger partial charge on any atom is -0.370 e. The van der Waals surface area contributed by atoms with E-state index in [1.807, 2.05) is 0 Å². The molecular formula is C10H17N7O6S. The molecule has 2 saturated heterocycles. The molecule has 0 spiro atoms. The van der Waals surface area contributed by atoms with Gasteiger partial charge in [0, 0.05) is 6.54 Å². The third-order valence-corrected chi connectivity index (χ3v) is 3.86. The van der Waals surface area contributed by atoms with Crippen LogP contribution in [0.2, 0.25) is 0 Å². The second-order valence-electron chi connectivity index (χ2n) is 5.21. The van der Waals surface area contributed by atoms with Gasteiger partial charge in [0.2, 0.25) is 5.91 Å². The van der Waals surface area contributed by atoms with Crippen LogP contribution in [0.25, 0.3) is 0 Å². The molecule has 2 aliphatic heterocycles. The molecule has 0 aromatic rings. The van der Waals surface area contributed by atoms with Crippen molar-refractivity contribution < 1.29 is 26.8 Å². The molecule has 2 atom stereocenters. The highest BCUT2D eigenvalue weighted by molar-refractivity contribution is 7.80. The van der Waals surface area contributed by atoms with Crippen molar-refractivity contribution in [1.29, 1.82) is 5.41 Å². The molecular weight excluding hydrogens is 346 g/mol. The van der Waals surface area contributed by atoms with Crippen molar-refractivity contribution in [3.63, 3.8) is 0 Å². The molecule has 134 valence electrons. The van der Waals surface area contributed by atoms with Crippen molar-refractivity contribution in [3.05, 3.63) is 0 Å². The molecule has 2 fully saturated rings. The van der Waals surface area contributed by atoms with Gasteiger partial charge >= 0.3 is 16.4 Å². The summed E-state index contributed by atoms with van der Waals surface area (Å²) >= 11 is 0. The van der Waals surface area contributed by atoms with Crippen molar-refractivity contribution in [3.8, 4) is 0 Å². The molecule has 14 heteroatoms. The van der Waals surface area contributed by atoms with Gasteiger partial charge in [-0.1, -0.05) is 0 Å². The number of hydrogen-bond acceptors (Lipinski definition) is 7. The Morgan fingerprint density at radius 2 is 2.12 bits per heavy atom. The fourth-order valence-electron chi connectivity index (χ4n) is 2.57. The third kappa shape index (κ3) is 4.09. The largest absolute Gasteiger partial charge is 0.418 e. The first-order valence-electron chi connectivity index (χ1n) is 6.79. The number of nitrogens with two attached hydrogens (primary N) is 2. The smallest absolute Gasteiger partial charge is 0.370 e. The second-order valence-corrected chi connectivity index (χ2v) is 6.22. The lowest BCUT2D eigenvalue weighted by Crippen LogP contribution is -2.51. The molecule has 7 N–H and O–H groups in total. The summed E-state index contributed by atoms with van der Waals surface area (Å²) in [6.45, 7) is -0.267. The third-order valence-electron chi connectivity index (χ3n) is 3.51. The molecule has 2 aliphatic rings. The Labute approximate surface area is 137 Å². The van der Waals surface area contributed by atoms with Crippen molar-refractivity contribution in [2.45, 2.75) is 24.9 Å². The van der Waals surface area contributed by atoms with Crippen LogP contribution in [0, 0.1) is 5.41 Å². The van der Waals surface area contributed by atoms with Gasteiger partial charge in [0.1, 0.15) is 12.4 Å². The van der Waals surface area contributed by atoms with E-state index in [1.54, 1.807) is 0 Å². The number of aliphatic imine (C=N–C) groups is 1. The topological polar surface area (TPSA) is 204 Å². The van der Waals surface area contributed by atoms with E-state index in [4.69, 9.17) is 21.4 Å². The molecule has 0 aromatic heterocycles. The van der Waals surface area contributed by atoms with Crippen LogP contribution in [-0.4, -0.2) is 71.8 Å². The van der Waals surface area contributed by atoms with Crippen LogP contribution in [0.3, 0.4) is 0 Å². The number of amides is 3. The predicted octanol–water partition coefficient (Wildman–Crippen LogP) is -2.64. The first-order chi connectivity index (χ1) is 11.1. The summed E-state index contributed by atoms with van der Waals surface area (Å²) in [5, 5.41) is 10.8. The Bertz CT molecular complexity index is 688. The molecule has 2 bridgehead atoms. The van der Waals surface area contributed by atoms with Crippen molar-refractivity contribution in [2.75, 3.05) is 13.1 Å². The maximum absolute atomic E-state index is 12.2. The Morgan fingerprint density at radius 1 is 1.46 bits per heavy atom. The van der Waals surface area contributed by atoms with Gasteiger partial charge in [-0.05, 0) is 12.8 Å². The minimum atomic E-state index is -4.83. The van der Waals surface area contributed by atoms with Crippen LogP contribution < -0.4 is 16.8 Å². The number of guanidine groups is 1. The van der Waals surface area contributed by atoms with Crippen molar-refractivity contribution in [2.24, 2.45) is 16.5 Å². The molecule has 0 unspecified atom stereocenters. The number of carbonyl (C=O) groups is 2. The van der Waals surface area contributed by atoms with Crippen LogP contribution in [0.1, 0.15) is 12.8 Å². The number of urea groups is 1. The van der Waals surface area contributed by atoms with E-state index in [9.17, 15) is 18.0 Å². The highest BCUT2D eigenvalue weighted by atomic mass is 32.3. The van der Waals surface area contributed by atoms with Gasteiger partial charge in [0.05, 0.1) is 12.1 Å². The van der Waals surface area contributed by atoms with E-state index in [0.717, 1.165) is 0 Å². The number of rotatable bonds is 5. The Morgan fingerprint density at radius 3 is 2.71 bits per heavy atom. The number of nitrogens with zero attached hydrogens (tertiary/aromatic N) is 3. The van der Waals surface area contributed by atoms with Crippen LogP contribution in [0.15, 0.2) is 4.99 Å². The first kappa shape index (κ1) is 17.9. The van der Waals surface area contributed by atoms with Crippen LogP contribution in [-0.2, 0) is 19.5 Å². The number of nitrogens with one attached hydrogen (secondary N) is 2. The molecule has 2 heterocycles. The molecule has 0 radical (unpaired) electrons. The number of amidine groups is 1. The molecule has 2 rings (SSSR count). The highest BCUT2D eigenvalue weighted by Crippen LogP contribution is 2.30. The molecule has 24 heavy (non-hydrogen) atoms. The van der Waals surface area contributed by atoms with Gasteiger partial charge in [-0.3, -0.25) is 14.8 Å². The summed E-state index contributed by atoms with van der Waals surface area (Å²) in [4.78, 5) is 28.5. The van der Waals surface area contributed by atoms with Gasteiger partial charge in [0.15, 0.2) is 5.96 Å². The zero-order valence-electron chi connectivity index (χ0n) is 12.4. The van der Waals surface area contributed by atoms with Crippen LogP contribution in [0.5, 0.6) is 0 Å². The van der Waals surface area contributed by atoms with E-state index in [-0.39, 0.29) is 24.9 Å². The summed E-state index contributed by atoms with van der Waals surface area (Å²) in [5.41, 5.74) is 10.2. The monoisotopic (exact) mass is 363 g/mol. The zero-order valence-corrected chi connectivity index (χ0v) is 13.2. The normalized spacial score (nSPS) is 23.1. The molecule has 3 amide bonds. The van der Waals surface area contributed by atoms with Crippen molar-refractivity contribution >= 4 is 34.1 Å². The van der Waals surface area contributed by atoms with Gasteiger partial charge in [-0.25, -0.2) is 9.79 Å². The lowest BCUT2D eigenvalue weighted by molar-refractivity contribution is -0.118. The summed E-state index contributed by atoms with van der Waals surface area (Å²) in [7, 11) is -4.83. The number of piperidine rings is 1. The highest BCUT2D eigenvalue weighted by Gasteiger charge is 2.48. The van der Waals surface area contributed by atoms with E-state index >= 15 is 0 Å². The first-order valence-corrected chi connectivity index (χ1v) is 8.15. The van der Waals surface area contributed by atoms with Gasteiger partial charge in [-0.2, -0.15) is 13.5 Å². The number of hydroxylamine groups is 2. The van der Waals surface area contributed by atoms with Crippen LogP contribution >= 0.6 is 0 Å². The van der Waals surface area contributed by atoms with E-state index in [0.29, 0.717) is 17.9 Å². The molecule has 0 saturated carbocycles. The summed E-state index contributed by atoms with van der Waals surface area (Å²) in [6.07, 6.45) is 0.637. The standard InChI is InChI=1S/C10H17N7O6S/c11-8(15-7(18)3-14-9(12)13)6-2-1-5-4-16(6)10(19)17(5)23-24(20,21)22/h5-6H,1-4H2,(H2,11,15,18)(H4,12,13,14)(H,20,21,22)/t5-,6+/m1/s1. The SMILES string of the molecule is N=C(NC(=O)CN=C(N)N)[C@@H]1CC[C@@H]2CN1C(=O)N2OS(=O)(=O)O. The summed E-state index contributed by atoms with van der Waals surface area (Å²) in [5.74, 6) is -1.15. The molecule has 13 nitrogen and oxygen atoms in total. The second kappa shape index (κ2) is 6.58. The Kier molecular flexibility index (Phi) is 4.91. The van der Waals surface area contributed by atoms with Gasteiger partial charge < -0.3 is 21.7 Å². The fourth-order valence-corrected chi connectivity index (χ4v) is 2.96. The minimum absolute atomic E-state index is 0.102. The van der Waals surface area contributed by atoms with E-state index < -0.39 is 34.4 Å². The number of hydrogen-bond donors (Lipinski definition) is 5. The van der Waals surface area contributed by atoms with Gasteiger partial charge in [-0.15, -0.1) is 4.28 Å². The van der Waals surface area contributed by atoms with Crippen molar-refractivity contribution in [1.82, 2.24) is 15.3 Å². The Hall–Kier alpha value is -2.45. The lowest BCUT2D eigenvalue weighted by Gasteiger charge is -2.30. The number of fused-ring (bicyclic) bond motifs is 2. The summed E-state index contributed by atoms with van der Waals surface area (Å²) in [6, 6.07) is -2.14. The quantitative estimate of drug-likeness (QED) is 0.198. The summed E-state index contributed by atoms with van der Waals surface area (Å²) < 4.78 is 34.6. The molecule has 0 aromatic carbocycles. The maximum Gasteiger partial charge on any atom is 0.418 e. The number of carbonyl (C=O) groups excluding carboxylic acids is 2. The van der Waals surface area contributed by atoms with E-state index in [2.05, 4.69) is 14.6 Å². The fraction of sp³-hybridized carbons (Fsp3) is 0.600. The van der Waals surface area contributed by atoms with Gasteiger partial charge in [0.25, 0.3) is 0 Å². The average Bonchev–Trinajstić information content (AvgIpc) is 2.69. The lowest BCUT2D eigenvalue weighted by atomic mass is 10.00. The average molecular weight is 363 g/mol.